The fourth-order valence-electron chi connectivity index (χ4n) is 5.93. The van der Waals surface area contributed by atoms with Gasteiger partial charge in [0.1, 0.15) is 11.9 Å². The molecular weight excluding hydrogens is 589 g/mol. The minimum Gasteiger partial charge on any atom is -0.465 e. The highest BCUT2D eigenvalue weighted by atomic mass is 19.4. The number of nitrogens with two attached hydrogens (primary N) is 1. The maximum Gasteiger partial charge on any atom is 0.429 e. The molecule has 0 bridgehead atoms. The van der Waals surface area contributed by atoms with E-state index in [1.807, 2.05) is 4.90 Å². The zero-order valence-corrected chi connectivity index (χ0v) is 25.4. The van der Waals surface area contributed by atoms with Crippen molar-refractivity contribution in [1.29, 1.82) is 0 Å². The summed E-state index contributed by atoms with van der Waals surface area (Å²) >= 11 is 0. The molecule has 3 N–H and O–H groups in total. The van der Waals surface area contributed by atoms with Crippen LogP contribution in [0.1, 0.15) is 48.2 Å². The van der Waals surface area contributed by atoms with Crippen LogP contribution in [-0.4, -0.2) is 79.3 Å². The summed E-state index contributed by atoms with van der Waals surface area (Å²) in [5.41, 5.74) is 7.70. The van der Waals surface area contributed by atoms with E-state index in [0.717, 1.165) is 18.4 Å². The molecule has 2 aliphatic rings. The van der Waals surface area contributed by atoms with Crippen molar-refractivity contribution in [2.45, 2.75) is 44.5 Å². The van der Waals surface area contributed by atoms with E-state index in [2.05, 4.69) is 15.3 Å². The Hall–Kier alpha value is -4.39. The first kappa shape index (κ1) is 32.0. The molecule has 13 heteroatoms. The summed E-state index contributed by atoms with van der Waals surface area (Å²) in [7, 11) is 3.32. The third kappa shape index (κ3) is 7.30. The molecule has 1 spiro atoms. The van der Waals surface area contributed by atoms with E-state index >= 15 is 0 Å². The summed E-state index contributed by atoms with van der Waals surface area (Å²) in [4.78, 5) is 36.0. The van der Waals surface area contributed by atoms with Gasteiger partial charge in [0, 0.05) is 50.9 Å². The molecule has 240 valence electrons. The first-order chi connectivity index (χ1) is 21.4. The number of nitrogen functional groups attached to an aromatic ring is 1. The van der Waals surface area contributed by atoms with Crippen LogP contribution in [0.25, 0.3) is 11.1 Å². The van der Waals surface area contributed by atoms with Crippen LogP contribution in [0.4, 0.5) is 24.9 Å². The van der Waals surface area contributed by atoms with Gasteiger partial charge >= 0.3 is 12.1 Å². The van der Waals surface area contributed by atoms with E-state index < -0.39 is 12.3 Å². The number of nitrogens with zero attached hydrogens (tertiary/aromatic N) is 4. The molecule has 45 heavy (non-hydrogen) atoms. The molecular formula is C32H37F3N6O4. The number of carbonyl (C=O) groups is 2. The van der Waals surface area contributed by atoms with Crippen LogP contribution in [0.5, 0.6) is 5.88 Å². The second-order valence-corrected chi connectivity index (χ2v) is 11.7. The monoisotopic (exact) mass is 626 g/mol. The van der Waals surface area contributed by atoms with Crippen LogP contribution in [0.2, 0.25) is 0 Å². The minimum absolute atomic E-state index is 0.0644. The molecule has 3 aromatic rings. The van der Waals surface area contributed by atoms with Crippen LogP contribution in [-0.2, 0) is 9.53 Å². The van der Waals surface area contributed by atoms with Gasteiger partial charge in [-0.2, -0.15) is 23.1 Å². The molecule has 0 radical (unpaired) electrons. The Labute approximate surface area is 259 Å². The zero-order valence-electron chi connectivity index (χ0n) is 25.4. The molecule has 0 unspecified atom stereocenters. The maximum atomic E-state index is 14.3. The molecule has 2 fully saturated rings. The Morgan fingerprint density at radius 2 is 1.69 bits per heavy atom. The van der Waals surface area contributed by atoms with Crippen molar-refractivity contribution in [3.05, 3.63) is 65.7 Å². The van der Waals surface area contributed by atoms with Gasteiger partial charge in [0.25, 0.3) is 5.91 Å². The number of aromatic nitrogens is 2. The molecule has 1 amide bonds. The maximum absolute atomic E-state index is 14.3. The average molecular weight is 627 g/mol. The Morgan fingerprint density at radius 3 is 2.27 bits per heavy atom. The number of benzene rings is 2. The Bertz CT molecular complexity index is 1510. The number of rotatable bonds is 8. The number of alkyl halides is 3. The lowest BCUT2D eigenvalue weighted by molar-refractivity contribution is -0.198. The lowest BCUT2D eigenvalue weighted by Crippen LogP contribution is -2.41. The molecule has 1 aromatic heterocycles. The van der Waals surface area contributed by atoms with Crippen LogP contribution in [0.3, 0.4) is 0 Å². The zero-order chi connectivity index (χ0) is 32.4. The van der Waals surface area contributed by atoms with Crippen molar-refractivity contribution in [3.63, 3.8) is 0 Å². The smallest absolute Gasteiger partial charge is 0.429 e. The Morgan fingerprint density at radius 1 is 1.07 bits per heavy atom. The molecule has 2 aliphatic heterocycles. The lowest BCUT2D eigenvalue weighted by atomic mass is 9.76. The lowest BCUT2D eigenvalue weighted by Gasteiger charge is -2.39. The van der Waals surface area contributed by atoms with Gasteiger partial charge in [0.2, 0.25) is 17.9 Å². The number of anilines is 2. The molecule has 2 saturated heterocycles. The number of piperidine rings is 1. The van der Waals surface area contributed by atoms with Gasteiger partial charge in [-0.25, -0.2) is 0 Å². The molecule has 10 nitrogen and oxygen atoms in total. The fraction of sp³-hybridized carbons (Fsp3) is 0.438. The normalized spacial score (nSPS) is 18.4. The standard InChI is InChI=1S/C32H37F3N6O4/c1-4-44-29(43)24-18-31(19-37-24)13-15-41(16-14-31)25-17-26(39-30(36)38-25)45-27(32(33,34)35)22-9-5-20(6-10-22)21-7-11-23(12-8-21)28(42)40(2)3/h5-12,17,24,27,37H,4,13-16,18-19H2,1-3H3,(H2,36,38,39)/t24-,27+/m0/s1. The molecule has 2 aromatic carbocycles. The highest BCUT2D eigenvalue weighted by Crippen LogP contribution is 2.42. The predicted octanol–water partition coefficient (Wildman–Crippen LogP) is 4.62. The summed E-state index contributed by atoms with van der Waals surface area (Å²) < 4.78 is 53.4. The SMILES string of the molecule is CCOC(=O)[C@@H]1CC2(CCN(c3cc(O[C@H](c4ccc(-c5ccc(C(=O)N(C)C)cc5)cc4)C(F)(F)F)nc(N)n3)CC2)CN1. The summed E-state index contributed by atoms with van der Waals surface area (Å²) in [6.07, 6.45) is -4.82. The molecule has 2 atom stereocenters. The van der Waals surface area contributed by atoms with Gasteiger partial charge in [-0.05, 0) is 54.9 Å². The van der Waals surface area contributed by atoms with Crippen molar-refractivity contribution in [1.82, 2.24) is 20.2 Å². The topological polar surface area (TPSA) is 123 Å². The van der Waals surface area contributed by atoms with Crippen molar-refractivity contribution in [3.8, 4) is 17.0 Å². The van der Waals surface area contributed by atoms with E-state index in [0.29, 0.717) is 49.6 Å². The molecule has 0 saturated carbocycles. The number of ether oxygens (including phenoxy) is 2. The second-order valence-electron chi connectivity index (χ2n) is 11.7. The highest BCUT2D eigenvalue weighted by molar-refractivity contribution is 5.94. The van der Waals surface area contributed by atoms with Gasteiger partial charge in [-0.1, -0.05) is 36.4 Å². The molecule has 5 rings (SSSR count). The summed E-state index contributed by atoms with van der Waals surface area (Å²) in [5.74, 6) is -0.485. The minimum atomic E-state index is -4.74. The van der Waals surface area contributed by atoms with Crippen molar-refractivity contribution in [2.24, 2.45) is 5.41 Å². The van der Waals surface area contributed by atoms with E-state index in [9.17, 15) is 22.8 Å². The van der Waals surface area contributed by atoms with Crippen molar-refractivity contribution in [2.75, 3.05) is 51.0 Å². The highest BCUT2D eigenvalue weighted by Gasteiger charge is 2.45. The van der Waals surface area contributed by atoms with Crippen LogP contribution < -0.4 is 20.7 Å². The number of hydrogen-bond acceptors (Lipinski definition) is 9. The third-order valence-corrected chi connectivity index (χ3v) is 8.41. The first-order valence-corrected chi connectivity index (χ1v) is 14.8. The van der Waals surface area contributed by atoms with E-state index in [-0.39, 0.29) is 40.7 Å². The number of esters is 1. The quantitative estimate of drug-likeness (QED) is 0.345. The van der Waals surface area contributed by atoms with Crippen molar-refractivity contribution >= 4 is 23.6 Å². The van der Waals surface area contributed by atoms with Crippen molar-refractivity contribution < 1.29 is 32.2 Å². The third-order valence-electron chi connectivity index (χ3n) is 8.41. The van der Waals surface area contributed by atoms with Gasteiger partial charge in [0.05, 0.1) is 6.61 Å². The van der Waals surface area contributed by atoms with E-state index in [4.69, 9.17) is 15.2 Å². The largest absolute Gasteiger partial charge is 0.465 e. The number of carbonyl (C=O) groups excluding carboxylic acids is 2. The summed E-state index contributed by atoms with van der Waals surface area (Å²) in [6.45, 7) is 3.97. The van der Waals surface area contributed by atoms with Gasteiger partial charge < -0.3 is 30.3 Å². The molecule has 3 heterocycles. The van der Waals surface area contributed by atoms with Crippen LogP contribution in [0.15, 0.2) is 54.6 Å². The number of amides is 1. The summed E-state index contributed by atoms with van der Waals surface area (Å²) in [5, 5.41) is 3.27. The number of nitrogens with one attached hydrogen (secondary N) is 1. The second kappa shape index (κ2) is 12.9. The Balaban J connectivity index is 1.28. The van der Waals surface area contributed by atoms with E-state index in [1.165, 1.54) is 23.1 Å². The Kier molecular flexibility index (Phi) is 9.19. The summed E-state index contributed by atoms with van der Waals surface area (Å²) in [6, 6.07) is 13.8. The fourth-order valence-corrected chi connectivity index (χ4v) is 5.93. The number of hydrogen-bond donors (Lipinski definition) is 2. The van der Waals surface area contributed by atoms with E-state index in [1.54, 1.807) is 57.4 Å². The van der Waals surface area contributed by atoms with Gasteiger partial charge in [-0.3, -0.25) is 9.59 Å². The van der Waals surface area contributed by atoms with Crippen LogP contribution in [0, 0.1) is 5.41 Å². The van der Waals surface area contributed by atoms with Gasteiger partial charge in [0.15, 0.2) is 0 Å². The van der Waals surface area contributed by atoms with Crippen LogP contribution >= 0.6 is 0 Å². The number of halogens is 3. The predicted molar refractivity (Wildman–Crippen MR) is 163 cm³/mol. The average Bonchev–Trinajstić information content (AvgIpc) is 3.43. The molecule has 0 aliphatic carbocycles. The van der Waals surface area contributed by atoms with Gasteiger partial charge in [-0.15, -0.1) is 0 Å². The first-order valence-electron chi connectivity index (χ1n) is 14.8.